The lowest BCUT2D eigenvalue weighted by Crippen LogP contribution is -2.46. The third-order valence-electron chi connectivity index (χ3n) is 3.75. The van der Waals surface area contributed by atoms with Crippen LogP contribution >= 0.6 is 11.8 Å². The van der Waals surface area contributed by atoms with E-state index in [1.165, 1.54) is 5.56 Å². The average Bonchev–Trinajstić information content (AvgIpc) is 2.46. The highest BCUT2D eigenvalue weighted by molar-refractivity contribution is 8.00. The van der Waals surface area contributed by atoms with Crippen molar-refractivity contribution in [3.05, 3.63) is 29.8 Å². The minimum absolute atomic E-state index is 0.133. The lowest BCUT2D eigenvalue weighted by atomic mass is 9.87. The van der Waals surface area contributed by atoms with Gasteiger partial charge < -0.3 is 10.6 Å². The van der Waals surface area contributed by atoms with Crippen LogP contribution in [0.15, 0.2) is 29.2 Å². The molecule has 1 amide bonds. The summed E-state index contributed by atoms with van der Waals surface area (Å²) in [7, 11) is 0. The molecule has 2 N–H and O–H groups in total. The normalized spacial score (nSPS) is 19.3. The molecule has 116 valence electrons. The molecule has 1 aliphatic heterocycles. The van der Waals surface area contributed by atoms with Crippen molar-refractivity contribution in [1.82, 2.24) is 10.6 Å². The van der Waals surface area contributed by atoms with E-state index in [0.717, 1.165) is 30.8 Å². The first-order chi connectivity index (χ1) is 9.95. The standard InChI is InChI=1S/C17H26N2OS/c1-17(2,3)13-6-8-15(9-7-13)21-12-16(20)19-14-5-4-10-18-11-14/h6-9,14,18H,4-5,10-12H2,1-3H3,(H,19,20). The zero-order chi connectivity index (χ0) is 15.3. The highest BCUT2D eigenvalue weighted by Crippen LogP contribution is 2.25. The molecule has 4 heteroatoms. The predicted octanol–water partition coefficient (Wildman–Crippen LogP) is 2.94. The molecule has 21 heavy (non-hydrogen) atoms. The summed E-state index contributed by atoms with van der Waals surface area (Å²) in [4.78, 5) is 13.1. The maximum Gasteiger partial charge on any atom is 0.230 e. The van der Waals surface area contributed by atoms with Crippen molar-refractivity contribution < 1.29 is 4.79 Å². The van der Waals surface area contributed by atoms with Gasteiger partial charge in [-0.05, 0) is 42.5 Å². The van der Waals surface area contributed by atoms with Crippen molar-refractivity contribution in [2.75, 3.05) is 18.8 Å². The second-order valence-electron chi connectivity index (χ2n) is 6.67. The van der Waals surface area contributed by atoms with Crippen molar-refractivity contribution in [3.63, 3.8) is 0 Å². The van der Waals surface area contributed by atoms with Gasteiger partial charge in [0.25, 0.3) is 0 Å². The molecule has 0 radical (unpaired) electrons. The molecule has 0 bridgehead atoms. The maximum atomic E-state index is 12.0. The fraction of sp³-hybridized carbons (Fsp3) is 0.588. The lowest BCUT2D eigenvalue weighted by molar-refractivity contribution is -0.119. The molecule has 0 aromatic heterocycles. The Morgan fingerprint density at radius 1 is 1.33 bits per heavy atom. The van der Waals surface area contributed by atoms with Crippen LogP contribution in [0.25, 0.3) is 0 Å². The van der Waals surface area contributed by atoms with E-state index in [1.54, 1.807) is 11.8 Å². The number of benzene rings is 1. The summed E-state index contributed by atoms with van der Waals surface area (Å²) in [6.07, 6.45) is 2.23. The van der Waals surface area contributed by atoms with Gasteiger partial charge in [-0.2, -0.15) is 0 Å². The van der Waals surface area contributed by atoms with Crippen LogP contribution < -0.4 is 10.6 Å². The van der Waals surface area contributed by atoms with Gasteiger partial charge in [0, 0.05) is 17.5 Å². The molecular formula is C17H26N2OS. The Morgan fingerprint density at radius 2 is 2.05 bits per heavy atom. The molecular weight excluding hydrogens is 280 g/mol. The van der Waals surface area contributed by atoms with E-state index in [-0.39, 0.29) is 11.3 Å². The highest BCUT2D eigenvalue weighted by Gasteiger charge is 2.16. The van der Waals surface area contributed by atoms with Gasteiger partial charge in [-0.1, -0.05) is 32.9 Å². The van der Waals surface area contributed by atoms with Gasteiger partial charge in [0.15, 0.2) is 0 Å². The number of carbonyl (C=O) groups is 1. The van der Waals surface area contributed by atoms with E-state index >= 15 is 0 Å². The quantitative estimate of drug-likeness (QED) is 0.840. The topological polar surface area (TPSA) is 41.1 Å². The molecule has 0 saturated carbocycles. The third kappa shape index (κ3) is 5.36. The van der Waals surface area contributed by atoms with Crippen LogP contribution in [0.5, 0.6) is 0 Å². The summed E-state index contributed by atoms with van der Waals surface area (Å²) >= 11 is 1.60. The van der Waals surface area contributed by atoms with E-state index in [2.05, 4.69) is 55.7 Å². The van der Waals surface area contributed by atoms with Crippen molar-refractivity contribution in [1.29, 1.82) is 0 Å². The number of rotatable bonds is 4. The Morgan fingerprint density at radius 3 is 2.62 bits per heavy atom. The molecule has 1 unspecified atom stereocenters. The van der Waals surface area contributed by atoms with Gasteiger partial charge in [0.05, 0.1) is 5.75 Å². The van der Waals surface area contributed by atoms with E-state index in [1.807, 2.05) is 0 Å². The minimum Gasteiger partial charge on any atom is -0.351 e. The van der Waals surface area contributed by atoms with Gasteiger partial charge in [-0.3, -0.25) is 4.79 Å². The zero-order valence-electron chi connectivity index (χ0n) is 13.2. The van der Waals surface area contributed by atoms with E-state index in [4.69, 9.17) is 0 Å². The van der Waals surface area contributed by atoms with Crippen LogP contribution in [0, 0.1) is 0 Å². The van der Waals surface area contributed by atoms with Gasteiger partial charge in [-0.15, -0.1) is 11.8 Å². The molecule has 1 aliphatic rings. The maximum absolute atomic E-state index is 12.0. The number of hydrogen-bond acceptors (Lipinski definition) is 3. The highest BCUT2D eigenvalue weighted by atomic mass is 32.2. The van der Waals surface area contributed by atoms with E-state index in [9.17, 15) is 4.79 Å². The van der Waals surface area contributed by atoms with E-state index < -0.39 is 0 Å². The van der Waals surface area contributed by atoms with Gasteiger partial charge in [0.2, 0.25) is 5.91 Å². The van der Waals surface area contributed by atoms with E-state index in [0.29, 0.717) is 11.8 Å². The number of hydrogen-bond donors (Lipinski definition) is 2. The molecule has 1 heterocycles. The molecule has 3 nitrogen and oxygen atoms in total. The Bertz CT molecular complexity index is 459. The number of nitrogens with one attached hydrogen (secondary N) is 2. The van der Waals surface area contributed by atoms with Gasteiger partial charge in [-0.25, -0.2) is 0 Å². The van der Waals surface area contributed by atoms with Crippen LogP contribution in [0.2, 0.25) is 0 Å². The number of thioether (sulfide) groups is 1. The molecule has 1 aromatic rings. The number of amides is 1. The second kappa shape index (κ2) is 7.32. The van der Waals surface area contributed by atoms with Crippen LogP contribution in [-0.2, 0) is 10.2 Å². The van der Waals surface area contributed by atoms with Crippen LogP contribution in [0.1, 0.15) is 39.2 Å². The van der Waals surface area contributed by atoms with Crippen LogP contribution in [0.3, 0.4) is 0 Å². The molecule has 1 saturated heterocycles. The van der Waals surface area contributed by atoms with Gasteiger partial charge in [0.1, 0.15) is 0 Å². The lowest BCUT2D eigenvalue weighted by Gasteiger charge is -2.23. The number of piperidine rings is 1. The van der Waals surface area contributed by atoms with Crippen LogP contribution in [-0.4, -0.2) is 30.8 Å². The summed E-state index contributed by atoms with van der Waals surface area (Å²) < 4.78 is 0. The summed E-state index contributed by atoms with van der Waals surface area (Å²) in [6.45, 7) is 8.60. The first-order valence-electron chi connectivity index (χ1n) is 7.68. The fourth-order valence-corrected chi connectivity index (χ4v) is 3.15. The molecule has 1 fully saturated rings. The Kier molecular flexibility index (Phi) is 5.71. The predicted molar refractivity (Wildman–Crippen MR) is 89.9 cm³/mol. The van der Waals surface area contributed by atoms with Gasteiger partial charge >= 0.3 is 0 Å². The minimum atomic E-state index is 0.133. The first-order valence-corrected chi connectivity index (χ1v) is 8.67. The summed E-state index contributed by atoms with van der Waals surface area (Å²) in [5, 5.41) is 6.42. The monoisotopic (exact) mass is 306 g/mol. The van der Waals surface area contributed by atoms with Crippen LogP contribution in [0.4, 0.5) is 0 Å². The fourth-order valence-electron chi connectivity index (χ4n) is 2.44. The smallest absolute Gasteiger partial charge is 0.230 e. The Labute approximate surface area is 132 Å². The van der Waals surface area contributed by atoms with Crippen molar-refractivity contribution in [3.8, 4) is 0 Å². The Hall–Kier alpha value is -1.00. The molecule has 0 aliphatic carbocycles. The SMILES string of the molecule is CC(C)(C)c1ccc(SCC(=O)NC2CCCNC2)cc1. The molecule has 1 atom stereocenters. The summed E-state index contributed by atoms with van der Waals surface area (Å²) in [6, 6.07) is 8.84. The number of carbonyl (C=O) groups excluding carboxylic acids is 1. The van der Waals surface area contributed by atoms with Crippen molar-refractivity contribution >= 4 is 17.7 Å². The molecule has 0 spiro atoms. The Balaban J connectivity index is 1.78. The summed E-state index contributed by atoms with van der Waals surface area (Å²) in [5.74, 6) is 0.624. The first kappa shape index (κ1) is 16.4. The van der Waals surface area contributed by atoms with Crippen molar-refractivity contribution in [2.45, 2.75) is 50.0 Å². The molecule has 2 rings (SSSR count). The van der Waals surface area contributed by atoms with Crippen molar-refractivity contribution in [2.24, 2.45) is 0 Å². The zero-order valence-corrected chi connectivity index (χ0v) is 14.1. The third-order valence-corrected chi connectivity index (χ3v) is 4.76. The largest absolute Gasteiger partial charge is 0.351 e. The summed E-state index contributed by atoms with van der Waals surface area (Å²) in [5.41, 5.74) is 1.50. The average molecular weight is 306 g/mol. The second-order valence-corrected chi connectivity index (χ2v) is 7.72. The molecule has 1 aromatic carbocycles.